The summed E-state index contributed by atoms with van der Waals surface area (Å²) < 4.78 is 43.6. The summed E-state index contributed by atoms with van der Waals surface area (Å²) in [5, 5.41) is 10.2. The average molecular weight is 485 g/mol. The zero-order valence-electron chi connectivity index (χ0n) is 19.1. The van der Waals surface area contributed by atoms with Crippen molar-refractivity contribution >= 4 is 23.1 Å². The van der Waals surface area contributed by atoms with Gasteiger partial charge in [-0.1, -0.05) is 38.1 Å². The number of nitrogens with one attached hydrogen (secondary N) is 1. The number of benzene rings is 1. The molecule has 35 heavy (non-hydrogen) atoms. The molecular formula is C23H22F3N7O2. The lowest BCUT2D eigenvalue weighted by Gasteiger charge is -2.11. The fraction of sp³-hybridized carbons (Fsp3) is 0.261. The summed E-state index contributed by atoms with van der Waals surface area (Å²) in [6.07, 6.45) is -3.36. The van der Waals surface area contributed by atoms with Gasteiger partial charge in [0.15, 0.2) is 22.7 Å². The van der Waals surface area contributed by atoms with Crippen molar-refractivity contribution in [3.8, 4) is 11.3 Å². The summed E-state index contributed by atoms with van der Waals surface area (Å²) in [5.74, 6) is -1.44. The third-order valence-electron chi connectivity index (χ3n) is 5.39. The van der Waals surface area contributed by atoms with Crippen LogP contribution < -0.4 is 11.1 Å². The van der Waals surface area contributed by atoms with E-state index in [-0.39, 0.29) is 34.3 Å². The van der Waals surface area contributed by atoms with Gasteiger partial charge in [0, 0.05) is 24.4 Å². The van der Waals surface area contributed by atoms with E-state index in [1.54, 1.807) is 19.1 Å². The molecule has 0 saturated carbocycles. The Morgan fingerprint density at radius 2 is 1.80 bits per heavy atom. The summed E-state index contributed by atoms with van der Waals surface area (Å²) in [5.41, 5.74) is 5.21. The molecule has 3 heterocycles. The van der Waals surface area contributed by atoms with E-state index in [0.29, 0.717) is 16.6 Å². The van der Waals surface area contributed by atoms with Gasteiger partial charge in [-0.3, -0.25) is 14.3 Å². The third-order valence-corrected chi connectivity index (χ3v) is 5.39. The van der Waals surface area contributed by atoms with Crippen LogP contribution in [0, 0.1) is 0 Å². The van der Waals surface area contributed by atoms with Crippen LogP contribution in [-0.4, -0.2) is 36.2 Å². The normalized spacial score (nSPS) is 11.9. The molecule has 0 spiro atoms. The number of anilines is 1. The SMILES string of the molecule is CCn1cc(NC(=O)c2cc3nc(-c4ccc(C(C)C)cc4)cc(C(F)(F)F)n3n2)c(C(N)=O)n1. The maximum atomic E-state index is 13.9. The fourth-order valence-electron chi connectivity index (χ4n) is 3.52. The van der Waals surface area contributed by atoms with Gasteiger partial charge in [0.25, 0.3) is 11.8 Å². The molecule has 9 nitrogen and oxygen atoms in total. The second kappa shape index (κ2) is 8.85. The van der Waals surface area contributed by atoms with E-state index in [9.17, 15) is 22.8 Å². The predicted molar refractivity (Wildman–Crippen MR) is 122 cm³/mol. The van der Waals surface area contributed by atoms with E-state index in [4.69, 9.17) is 5.73 Å². The Balaban J connectivity index is 1.75. The van der Waals surface area contributed by atoms with Crippen LogP contribution in [0.1, 0.15) is 58.9 Å². The van der Waals surface area contributed by atoms with Crippen molar-refractivity contribution in [1.29, 1.82) is 0 Å². The van der Waals surface area contributed by atoms with Crippen molar-refractivity contribution in [3.63, 3.8) is 0 Å². The van der Waals surface area contributed by atoms with E-state index in [1.165, 1.54) is 10.9 Å². The van der Waals surface area contributed by atoms with Gasteiger partial charge in [0.05, 0.1) is 11.4 Å². The molecular weight excluding hydrogens is 463 g/mol. The molecule has 3 aromatic heterocycles. The number of aryl methyl sites for hydroxylation is 1. The molecule has 4 aromatic rings. The number of amides is 2. The van der Waals surface area contributed by atoms with Gasteiger partial charge in [-0.25, -0.2) is 9.50 Å². The second-order valence-corrected chi connectivity index (χ2v) is 8.17. The Kier molecular flexibility index (Phi) is 6.05. The number of hydrogen-bond donors (Lipinski definition) is 2. The largest absolute Gasteiger partial charge is 0.433 e. The first-order chi connectivity index (χ1) is 16.5. The predicted octanol–water partition coefficient (Wildman–Crippen LogP) is 4.11. The number of rotatable bonds is 6. The van der Waals surface area contributed by atoms with Crippen LogP contribution in [0.4, 0.5) is 18.9 Å². The number of carbonyl (C=O) groups excluding carboxylic acids is 2. The first-order valence-electron chi connectivity index (χ1n) is 10.7. The summed E-state index contributed by atoms with van der Waals surface area (Å²) in [4.78, 5) is 28.7. The molecule has 0 aliphatic heterocycles. The van der Waals surface area contributed by atoms with Crippen LogP contribution in [-0.2, 0) is 12.7 Å². The fourth-order valence-corrected chi connectivity index (χ4v) is 3.52. The third kappa shape index (κ3) is 4.72. The first kappa shape index (κ1) is 23.9. The minimum absolute atomic E-state index is 0.0244. The maximum absolute atomic E-state index is 13.9. The number of nitrogens with zero attached hydrogens (tertiary/aromatic N) is 5. The van der Waals surface area contributed by atoms with Crippen LogP contribution in [0.3, 0.4) is 0 Å². The van der Waals surface area contributed by atoms with Crippen molar-refractivity contribution in [2.45, 2.75) is 39.4 Å². The van der Waals surface area contributed by atoms with Gasteiger partial charge in [-0.15, -0.1) is 0 Å². The topological polar surface area (TPSA) is 120 Å². The van der Waals surface area contributed by atoms with Gasteiger partial charge in [0.2, 0.25) is 0 Å². The summed E-state index contributed by atoms with van der Waals surface area (Å²) >= 11 is 0. The van der Waals surface area contributed by atoms with Crippen molar-refractivity contribution < 1.29 is 22.8 Å². The lowest BCUT2D eigenvalue weighted by molar-refractivity contribution is -0.142. The highest BCUT2D eigenvalue weighted by atomic mass is 19.4. The van der Waals surface area contributed by atoms with Crippen molar-refractivity contribution in [3.05, 3.63) is 65.2 Å². The molecule has 0 fully saturated rings. The van der Waals surface area contributed by atoms with Crippen LogP contribution in [0.5, 0.6) is 0 Å². The van der Waals surface area contributed by atoms with Crippen molar-refractivity contribution in [2.24, 2.45) is 5.73 Å². The number of hydrogen-bond acceptors (Lipinski definition) is 5. The zero-order valence-corrected chi connectivity index (χ0v) is 19.1. The number of alkyl halides is 3. The van der Waals surface area contributed by atoms with E-state index < -0.39 is 23.7 Å². The van der Waals surface area contributed by atoms with Crippen LogP contribution >= 0.6 is 0 Å². The van der Waals surface area contributed by atoms with Crippen molar-refractivity contribution in [2.75, 3.05) is 5.32 Å². The quantitative estimate of drug-likeness (QED) is 0.426. The van der Waals surface area contributed by atoms with Crippen LogP contribution in [0.15, 0.2) is 42.6 Å². The Morgan fingerprint density at radius 3 is 2.37 bits per heavy atom. The molecule has 1 aromatic carbocycles. The Hall–Kier alpha value is -4.22. The molecule has 0 aliphatic carbocycles. The maximum Gasteiger partial charge on any atom is 0.433 e. The molecule has 12 heteroatoms. The van der Waals surface area contributed by atoms with E-state index in [0.717, 1.165) is 17.7 Å². The molecule has 0 radical (unpaired) electrons. The highest BCUT2D eigenvalue weighted by Crippen LogP contribution is 2.33. The van der Waals surface area contributed by atoms with Gasteiger partial charge in [0.1, 0.15) is 0 Å². The molecule has 0 bridgehead atoms. The smallest absolute Gasteiger partial charge is 0.364 e. The lowest BCUT2D eigenvalue weighted by Crippen LogP contribution is -2.18. The Labute approximate surface area is 197 Å². The Bertz CT molecular complexity index is 1420. The molecule has 0 atom stereocenters. The molecule has 2 amide bonds. The molecule has 0 saturated heterocycles. The minimum Gasteiger partial charge on any atom is -0.364 e. The highest BCUT2D eigenvalue weighted by Gasteiger charge is 2.35. The zero-order chi connectivity index (χ0) is 25.5. The average Bonchev–Trinajstić information content (AvgIpc) is 3.41. The van der Waals surface area contributed by atoms with E-state index in [1.807, 2.05) is 26.0 Å². The number of carbonyl (C=O) groups is 2. The second-order valence-electron chi connectivity index (χ2n) is 8.17. The van der Waals surface area contributed by atoms with E-state index >= 15 is 0 Å². The lowest BCUT2D eigenvalue weighted by atomic mass is 10.0. The number of halogens is 3. The summed E-state index contributed by atoms with van der Waals surface area (Å²) in [6.45, 7) is 6.20. The number of fused-ring (bicyclic) bond motifs is 1. The van der Waals surface area contributed by atoms with Crippen molar-refractivity contribution in [1.82, 2.24) is 24.4 Å². The molecule has 4 rings (SSSR count). The Morgan fingerprint density at radius 1 is 1.11 bits per heavy atom. The minimum atomic E-state index is -4.75. The molecule has 182 valence electrons. The number of aromatic nitrogens is 5. The number of nitrogens with two attached hydrogens (primary N) is 1. The van der Waals surface area contributed by atoms with E-state index in [2.05, 4.69) is 20.5 Å². The van der Waals surface area contributed by atoms with Gasteiger partial charge < -0.3 is 11.1 Å². The van der Waals surface area contributed by atoms with Crippen LogP contribution in [0.25, 0.3) is 16.9 Å². The molecule has 0 unspecified atom stereocenters. The van der Waals surface area contributed by atoms with Gasteiger partial charge in [-0.2, -0.15) is 23.4 Å². The molecule has 3 N–H and O–H groups in total. The van der Waals surface area contributed by atoms with Crippen LogP contribution in [0.2, 0.25) is 0 Å². The summed E-state index contributed by atoms with van der Waals surface area (Å²) in [6, 6.07) is 9.11. The monoisotopic (exact) mass is 485 g/mol. The highest BCUT2D eigenvalue weighted by molar-refractivity contribution is 6.07. The summed E-state index contributed by atoms with van der Waals surface area (Å²) in [7, 11) is 0. The standard InChI is InChI=1S/C23H22F3N7O2/c1-4-32-11-17(20(31-32)21(27)34)29-22(35)16-10-19-28-15(9-18(23(24,25)26)33(19)30-16)14-7-5-13(6-8-14)12(2)3/h5-12H,4H2,1-3H3,(H2,27,34)(H,29,35). The number of primary amides is 1. The van der Waals surface area contributed by atoms with Gasteiger partial charge in [-0.05, 0) is 24.5 Å². The van der Waals surface area contributed by atoms with Gasteiger partial charge >= 0.3 is 6.18 Å². The molecule has 0 aliphatic rings. The first-order valence-corrected chi connectivity index (χ1v) is 10.7.